The second-order valence-corrected chi connectivity index (χ2v) is 5.52. The Morgan fingerprint density at radius 2 is 1.80 bits per heavy atom. The topological polar surface area (TPSA) is 98.0 Å². The number of phenols is 3. The number of benzene rings is 1. The van der Waals surface area contributed by atoms with E-state index in [0.29, 0.717) is 18.5 Å². The third-order valence-corrected chi connectivity index (χ3v) is 3.45. The van der Waals surface area contributed by atoms with E-state index < -0.39 is 11.7 Å². The van der Waals surface area contributed by atoms with Gasteiger partial charge in [-0.3, -0.25) is 4.48 Å². The second-order valence-electron chi connectivity index (χ2n) is 5.52. The fraction of sp³-hybridized carbons (Fsp3) is 0.500. The number of phenolic OH excluding ortho intramolecular Hbond substituents is 3. The predicted molar refractivity (Wildman–Crippen MR) is 73.4 cm³/mol. The van der Waals surface area contributed by atoms with Crippen LogP contribution >= 0.6 is 0 Å². The molecule has 0 aliphatic heterocycles. The molecule has 1 aromatic rings. The number of nitrogens with zero attached hydrogens (tertiary/aromatic N) is 1. The first-order valence-corrected chi connectivity index (χ1v) is 6.41. The van der Waals surface area contributed by atoms with Gasteiger partial charge in [-0.05, 0) is 13.0 Å². The maximum atomic E-state index is 12.1. The first-order valence-electron chi connectivity index (χ1n) is 6.41. The van der Waals surface area contributed by atoms with E-state index in [4.69, 9.17) is 5.11 Å². The number of carbonyl (C=O) groups excluding carboxylic acids is 1. The van der Waals surface area contributed by atoms with Crippen LogP contribution in [0.1, 0.15) is 12.5 Å². The second kappa shape index (κ2) is 6.11. The van der Waals surface area contributed by atoms with Crippen LogP contribution in [0.3, 0.4) is 0 Å². The Kier molecular flexibility index (Phi) is 4.97. The molecule has 0 unspecified atom stereocenters. The maximum Gasteiger partial charge on any atom is 0.318 e. The van der Waals surface area contributed by atoms with Crippen LogP contribution in [0.25, 0.3) is 0 Å². The van der Waals surface area contributed by atoms with Gasteiger partial charge in [-0.15, -0.1) is 0 Å². The number of aromatic hydroxyl groups is 3. The molecule has 1 atom stereocenters. The summed E-state index contributed by atoms with van der Waals surface area (Å²) in [5.74, 6) is -1.86. The molecule has 0 aliphatic rings. The van der Waals surface area contributed by atoms with E-state index in [0.717, 1.165) is 0 Å². The molecule has 0 saturated heterocycles. The summed E-state index contributed by atoms with van der Waals surface area (Å²) in [6.45, 7) is 1.86. The minimum absolute atomic E-state index is 0.0583. The van der Waals surface area contributed by atoms with Gasteiger partial charge in [0.05, 0.1) is 33.2 Å². The summed E-state index contributed by atoms with van der Waals surface area (Å²) >= 11 is 0. The highest BCUT2D eigenvalue weighted by atomic mass is 16.3. The van der Waals surface area contributed by atoms with E-state index in [1.54, 1.807) is 21.0 Å². The average molecular weight is 284 g/mol. The Hall–Kier alpha value is -1.79. The molecule has 0 saturated carbocycles. The molecule has 0 spiro atoms. The normalized spacial score (nSPS) is 13.2. The zero-order valence-electron chi connectivity index (χ0n) is 12.0. The van der Waals surface area contributed by atoms with Crippen LogP contribution in [0, 0.1) is 5.92 Å². The lowest BCUT2D eigenvalue weighted by molar-refractivity contribution is -0.815. The van der Waals surface area contributed by atoms with Gasteiger partial charge in [0, 0.05) is 12.0 Å². The highest BCUT2D eigenvalue weighted by Crippen LogP contribution is 2.37. The van der Waals surface area contributed by atoms with Crippen LogP contribution in [0.5, 0.6) is 17.2 Å². The summed E-state index contributed by atoms with van der Waals surface area (Å²) in [6.07, 6.45) is 0.358. The number of quaternary nitrogens is 1. The van der Waals surface area contributed by atoms with Crippen molar-refractivity contribution in [2.24, 2.45) is 5.92 Å². The van der Waals surface area contributed by atoms with Gasteiger partial charge >= 0.3 is 5.91 Å². The molecule has 0 aromatic heterocycles. The van der Waals surface area contributed by atoms with Crippen molar-refractivity contribution >= 4 is 5.91 Å². The SMILES string of the molecule is C[C@@H](CO)C(=O)[N+](C)(C)CCc1ccc(O)c(O)c1O. The summed E-state index contributed by atoms with van der Waals surface area (Å²) in [5.41, 5.74) is 0.455. The molecule has 1 amide bonds. The highest BCUT2D eigenvalue weighted by Gasteiger charge is 2.31. The van der Waals surface area contributed by atoms with Gasteiger partial charge in [0.2, 0.25) is 5.75 Å². The van der Waals surface area contributed by atoms with Crippen LogP contribution in [-0.4, -0.2) is 58.1 Å². The van der Waals surface area contributed by atoms with Crippen molar-refractivity contribution in [1.82, 2.24) is 0 Å². The Morgan fingerprint density at radius 1 is 1.20 bits per heavy atom. The molecule has 1 aromatic carbocycles. The van der Waals surface area contributed by atoms with Crippen molar-refractivity contribution in [1.29, 1.82) is 0 Å². The van der Waals surface area contributed by atoms with E-state index in [9.17, 15) is 20.1 Å². The van der Waals surface area contributed by atoms with Crippen molar-refractivity contribution in [2.75, 3.05) is 27.2 Å². The molecular formula is C14H22NO5+. The van der Waals surface area contributed by atoms with Gasteiger partial charge < -0.3 is 20.4 Å². The van der Waals surface area contributed by atoms with Gasteiger partial charge in [-0.2, -0.15) is 0 Å². The molecule has 6 heteroatoms. The van der Waals surface area contributed by atoms with Gasteiger partial charge in [0.25, 0.3) is 0 Å². The summed E-state index contributed by atoms with van der Waals surface area (Å²) in [7, 11) is 3.46. The minimum Gasteiger partial charge on any atom is -0.504 e. The molecule has 0 aliphatic carbocycles. The van der Waals surface area contributed by atoms with Crippen molar-refractivity contribution in [3.63, 3.8) is 0 Å². The molecular weight excluding hydrogens is 262 g/mol. The highest BCUT2D eigenvalue weighted by molar-refractivity contribution is 5.71. The van der Waals surface area contributed by atoms with Gasteiger partial charge in [0.15, 0.2) is 11.5 Å². The number of likely N-dealkylation sites (N-methyl/N-ethyl adjacent to an activating group) is 1. The molecule has 0 heterocycles. The Labute approximate surface area is 118 Å². The van der Waals surface area contributed by atoms with Crippen LogP contribution < -0.4 is 0 Å². The van der Waals surface area contributed by atoms with E-state index in [1.807, 2.05) is 0 Å². The monoisotopic (exact) mass is 284 g/mol. The quantitative estimate of drug-likeness (QED) is 0.468. The number of aliphatic hydroxyl groups excluding tert-OH is 1. The molecule has 0 fully saturated rings. The molecule has 0 bridgehead atoms. The van der Waals surface area contributed by atoms with E-state index in [2.05, 4.69) is 0 Å². The Morgan fingerprint density at radius 3 is 2.35 bits per heavy atom. The third kappa shape index (κ3) is 3.40. The van der Waals surface area contributed by atoms with E-state index in [1.165, 1.54) is 12.1 Å². The lowest BCUT2D eigenvalue weighted by Crippen LogP contribution is -2.50. The van der Waals surface area contributed by atoms with Crippen LogP contribution in [0.15, 0.2) is 12.1 Å². The molecule has 1 rings (SSSR count). The number of rotatable bonds is 5. The van der Waals surface area contributed by atoms with Crippen molar-refractivity contribution in [3.8, 4) is 17.2 Å². The molecule has 6 nitrogen and oxygen atoms in total. The molecule has 4 N–H and O–H groups in total. The summed E-state index contributed by atoms with van der Waals surface area (Å²) in [6, 6.07) is 2.80. The van der Waals surface area contributed by atoms with Crippen molar-refractivity contribution < 1.29 is 29.7 Å². The van der Waals surface area contributed by atoms with E-state index in [-0.39, 0.29) is 28.5 Å². The molecule has 0 radical (unpaired) electrons. The number of hydrogen-bond donors (Lipinski definition) is 4. The van der Waals surface area contributed by atoms with Gasteiger partial charge in [-0.1, -0.05) is 6.07 Å². The number of amides is 1. The summed E-state index contributed by atoms with van der Waals surface area (Å²) in [4.78, 5) is 12.1. The van der Waals surface area contributed by atoms with Crippen LogP contribution in [0.2, 0.25) is 0 Å². The zero-order chi connectivity index (χ0) is 15.5. The molecule has 20 heavy (non-hydrogen) atoms. The Balaban J connectivity index is 2.81. The van der Waals surface area contributed by atoms with Crippen molar-refractivity contribution in [3.05, 3.63) is 17.7 Å². The standard InChI is InChI=1S/C14H21NO5/c1-9(8-16)14(20)15(2,3)7-6-10-4-5-11(17)13(19)12(10)18/h4-5,9,16H,6-8H2,1-3H3,(H2-,17,18,19)/p+1/t9-/m0/s1. The zero-order valence-corrected chi connectivity index (χ0v) is 12.0. The minimum atomic E-state index is -0.553. The van der Waals surface area contributed by atoms with E-state index >= 15 is 0 Å². The first kappa shape index (κ1) is 16.3. The Bertz CT molecular complexity index is 499. The number of hydrogen-bond acceptors (Lipinski definition) is 5. The smallest absolute Gasteiger partial charge is 0.318 e. The lowest BCUT2D eigenvalue weighted by Gasteiger charge is -2.29. The van der Waals surface area contributed by atoms with Crippen LogP contribution in [-0.2, 0) is 11.2 Å². The summed E-state index contributed by atoms with van der Waals surface area (Å²) < 4.78 is 0.0583. The van der Waals surface area contributed by atoms with Crippen LogP contribution in [0.4, 0.5) is 0 Å². The lowest BCUT2D eigenvalue weighted by atomic mass is 10.1. The molecule has 112 valence electrons. The van der Waals surface area contributed by atoms with Gasteiger partial charge in [-0.25, -0.2) is 4.79 Å². The van der Waals surface area contributed by atoms with Crippen molar-refractivity contribution in [2.45, 2.75) is 13.3 Å². The fourth-order valence-electron chi connectivity index (χ4n) is 2.00. The number of aliphatic hydroxyl groups is 1. The first-order chi connectivity index (χ1) is 9.20. The summed E-state index contributed by atoms with van der Waals surface area (Å²) in [5, 5.41) is 37.5. The fourth-order valence-corrected chi connectivity index (χ4v) is 2.00. The average Bonchev–Trinajstić information content (AvgIpc) is 2.42. The number of carbonyl (C=O) groups is 1. The largest absolute Gasteiger partial charge is 0.504 e. The third-order valence-electron chi connectivity index (χ3n) is 3.45. The maximum absolute atomic E-state index is 12.1. The predicted octanol–water partition coefficient (Wildman–Crippen LogP) is 0.577. The van der Waals surface area contributed by atoms with Gasteiger partial charge in [0.1, 0.15) is 0 Å².